The second-order valence-corrected chi connectivity index (χ2v) is 3.98. The van der Waals surface area contributed by atoms with Gasteiger partial charge in [0.1, 0.15) is 5.75 Å². The van der Waals surface area contributed by atoms with E-state index in [0.717, 1.165) is 17.1 Å². The molecular weight excluding hydrogens is 230 g/mol. The molecule has 0 bridgehead atoms. The van der Waals surface area contributed by atoms with Crippen LogP contribution in [0.3, 0.4) is 0 Å². The van der Waals surface area contributed by atoms with E-state index in [2.05, 4.69) is 0 Å². The first kappa shape index (κ1) is 12.1. The third kappa shape index (κ3) is 2.18. The van der Waals surface area contributed by atoms with Crippen molar-refractivity contribution in [2.45, 2.75) is 13.0 Å². The van der Waals surface area contributed by atoms with Gasteiger partial charge in [-0.05, 0) is 23.8 Å². The Morgan fingerprint density at radius 2 is 2.00 bits per heavy atom. The lowest BCUT2D eigenvalue weighted by atomic mass is 10.0. The molecule has 1 unspecified atom stereocenters. The Kier molecular flexibility index (Phi) is 3.28. The van der Waals surface area contributed by atoms with Crippen molar-refractivity contribution in [3.63, 3.8) is 0 Å². The Morgan fingerprint density at radius 1 is 1.28 bits per heavy atom. The van der Waals surface area contributed by atoms with Crippen molar-refractivity contribution >= 4 is 23.0 Å². The predicted molar refractivity (Wildman–Crippen MR) is 68.6 cm³/mol. The summed E-state index contributed by atoms with van der Waals surface area (Å²) in [6.07, 6.45) is -0.0457. The molecule has 0 saturated heterocycles. The number of amides is 1. The van der Waals surface area contributed by atoms with Crippen LogP contribution in [0.15, 0.2) is 36.4 Å². The summed E-state index contributed by atoms with van der Waals surface area (Å²) in [5.41, 5.74) is 5.57. The average molecular weight is 243 g/mol. The Hall–Kier alpha value is -2.36. The summed E-state index contributed by atoms with van der Waals surface area (Å²) in [7, 11) is 0. The van der Waals surface area contributed by atoms with Gasteiger partial charge >= 0.3 is 0 Å². The highest BCUT2D eigenvalue weighted by Gasteiger charge is 2.14. The molecule has 2 aromatic rings. The van der Waals surface area contributed by atoms with E-state index in [-0.39, 0.29) is 0 Å². The maximum Gasteiger partial charge on any atom is 0.258 e. The molecule has 18 heavy (non-hydrogen) atoms. The summed E-state index contributed by atoms with van der Waals surface area (Å²) in [4.78, 5) is 22.2. The van der Waals surface area contributed by atoms with E-state index in [0.29, 0.717) is 11.3 Å². The molecule has 0 aliphatic rings. The molecule has 0 saturated carbocycles. The molecule has 4 nitrogen and oxygen atoms in total. The van der Waals surface area contributed by atoms with Crippen LogP contribution in [-0.2, 0) is 4.79 Å². The highest BCUT2D eigenvalue weighted by atomic mass is 16.5. The molecule has 1 atom stereocenters. The lowest BCUT2D eigenvalue weighted by molar-refractivity contribution is -0.123. The van der Waals surface area contributed by atoms with Gasteiger partial charge in [-0.3, -0.25) is 9.59 Å². The molecule has 2 rings (SSSR count). The number of rotatable bonds is 4. The first-order valence-corrected chi connectivity index (χ1v) is 5.56. The highest BCUT2D eigenvalue weighted by Crippen LogP contribution is 2.27. The van der Waals surface area contributed by atoms with Gasteiger partial charge in [-0.15, -0.1) is 0 Å². The molecule has 2 aromatic carbocycles. The number of nitrogens with two attached hydrogens (primary N) is 1. The van der Waals surface area contributed by atoms with E-state index < -0.39 is 12.0 Å². The molecule has 0 radical (unpaired) electrons. The molecule has 0 aliphatic carbocycles. The van der Waals surface area contributed by atoms with Crippen LogP contribution in [0, 0.1) is 0 Å². The SMILES string of the molecule is CC(Oc1ccc2ccccc2c1C=O)C(N)=O. The van der Waals surface area contributed by atoms with Gasteiger partial charge < -0.3 is 10.5 Å². The Balaban J connectivity index is 2.51. The van der Waals surface area contributed by atoms with E-state index >= 15 is 0 Å². The van der Waals surface area contributed by atoms with Gasteiger partial charge in [0.15, 0.2) is 12.4 Å². The van der Waals surface area contributed by atoms with Crippen molar-refractivity contribution in [2.24, 2.45) is 5.73 Å². The maximum atomic E-state index is 11.2. The first-order valence-electron chi connectivity index (χ1n) is 5.56. The van der Waals surface area contributed by atoms with Gasteiger partial charge in [-0.1, -0.05) is 30.3 Å². The quantitative estimate of drug-likeness (QED) is 0.834. The Bertz CT molecular complexity index is 607. The fourth-order valence-electron chi connectivity index (χ4n) is 1.75. The number of hydrogen-bond acceptors (Lipinski definition) is 3. The Morgan fingerprint density at radius 3 is 2.67 bits per heavy atom. The number of primary amides is 1. The Labute approximate surface area is 104 Å². The fraction of sp³-hybridized carbons (Fsp3) is 0.143. The predicted octanol–water partition coefficient (Wildman–Crippen LogP) is 1.90. The van der Waals surface area contributed by atoms with Crippen LogP contribution < -0.4 is 10.5 Å². The summed E-state index contributed by atoms with van der Waals surface area (Å²) in [6.45, 7) is 1.55. The van der Waals surface area contributed by atoms with Crippen molar-refractivity contribution in [2.75, 3.05) is 0 Å². The van der Waals surface area contributed by atoms with Gasteiger partial charge in [0.05, 0.1) is 5.56 Å². The lowest BCUT2D eigenvalue weighted by Crippen LogP contribution is -2.30. The van der Waals surface area contributed by atoms with E-state index in [9.17, 15) is 9.59 Å². The zero-order chi connectivity index (χ0) is 13.1. The number of aldehydes is 1. The van der Waals surface area contributed by atoms with Crippen LogP contribution in [0.25, 0.3) is 10.8 Å². The second-order valence-electron chi connectivity index (χ2n) is 3.98. The summed E-state index contributed by atoms with van der Waals surface area (Å²) in [6, 6.07) is 11.0. The average Bonchev–Trinajstić information content (AvgIpc) is 2.38. The number of carbonyl (C=O) groups excluding carboxylic acids is 2. The van der Waals surface area contributed by atoms with Gasteiger partial charge in [-0.25, -0.2) is 0 Å². The monoisotopic (exact) mass is 243 g/mol. The van der Waals surface area contributed by atoms with E-state index in [1.54, 1.807) is 13.0 Å². The summed E-state index contributed by atoms with van der Waals surface area (Å²) < 4.78 is 5.40. The third-order valence-corrected chi connectivity index (χ3v) is 2.75. The fourth-order valence-corrected chi connectivity index (χ4v) is 1.75. The summed E-state index contributed by atoms with van der Waals surface area (Å²) >= 11 is 0. The van der Waals surface area contributed by atoms with Crippen LogP contribution in [0.1, 0.15) is 17.3 Å². The van der Waals surface area contributed by atoms with Crippen molar-refractivity contribution in [3.05, 3.63) is 42.0 Å². The topological polar surface area (TPSA) is 69.4 Å². The van der Waals surface area contributed by atoms with Gasteiger partial charge in [0.2, 0.25) is 0 Å². The maximum absolute atomic E-state index is 11.2. The minimum atomic E-state index is -0.773. The summed E-state index contributed by atoms with van der Waals surface area (Å²) in [5, 5.41) is 1.74. The zero-order valence-electron chi connectivity index (χ0n) is 9.92. The largest absolute Gasteiger partial charge is 0.480 e. The number of fused-ring (bicyclic) bond motifs is 1. The van der Waals surface area contributed by atoms with Crippen molar-refractivity contribution < 1.29 is 14.3 Å². The second kappa shape index (κ2) is 4.87. The van der Waals surface area contributed by atoms with Crippen LogP contribution in [0.5, 0.6) is 5.75 Å². The number of benzene rings is 2. The van der Waals surface area contributed by atoms with Crippen LogP contribution >= 0.6 is 0 Å². The number of carbonyl (C=O) groups is 2. The lowest BCUT2D eigenvalue weighted by Gasteiger charge is -2.14. The molecule has 4 heteroatoms. The van der Waals surface area contributed by atoms with Crippen LogP contribution in [0.2, 0.25) is 0 Å². The highest BCUT2D eigenvalue weighted by molar-refractivity contribution is 6.00. The molecule has 2 N–H and O–H groups in total. The van der Waals surface area contributed by atoms with E-state index in [1.165, 1.54) is 0 Å². The van der Waals surface area contributed by atoms with Gasteiger partial charge in [0, 0.05) is 0 Å². The van der Waals surface area contributed by atoms with E-state index in [1.807, 2.05) is 30.3 Å². The first-order chi connectivity index (χ1) is 8.63. The number of hydrogen-bond donors (Lipinski definition) is 1. The molecule has 0 spiro atoms. The molecular formula is C14H13NO3. The minimum absolute atomic E-state index is 0.370. The molecule has 92 valence electrons. The van der Waals surface area contributed by atoms with Crippen LogP contribution in [0.4, 0.5) is 0 Å². The van der Waals surface area contributed by atoms with Gasteiger partial charge in [-0.2, -0.15) is 0 Å². The van der Waals surface area contributed by atoms with Gasteiger partial charge in [0.25, 0.3) is 5.91 Å². The molecule has 0 heterocycles. The van der Waals surface area contributed by atoms with E-state index in [4.69, 9.17) is 10.5 Å². The number of ether oxygens (including phenoxy) is 1. The molecule has 0 aliphatic heterocycles. The standard InChI is InChI=1S/C14H13NO3/c1-9(14(15)17)18-13-7-6-10-4-2-3-5-11(10)12(13)8-16/h2-9H,1H3,(H2,15,17). The smallest absolute Gasteiger partial charge is 0.258 e. The zero-order valence-corrected chi connectivity index (χ0v) is 9.92. The van der Waals surface area contributed by atoms with Crippen LogP contribution in [-0.4, -0.2) is 18.3 Å². The molecule has 1 amide bonds. The van der Waals surface area contributed by atoms with Crippen molar-refractivity contribution in [1.29, 1.82) is 0 Å². The normalized spacial score (nSPS) is 12.1. The van der Waals surface area contributed by atoms with Crippen molar-refractivity contribution in [1.82, 2.24) is 0 Å². The molecule has 0 aromatic heterocycles. The minimum Gasteiger partial charge on any atom is -0.480 e. The third-order valence-electron chi connectivity index (χ3n) is 2.75. The van der Waals surface area contributed by atoms with Crippen molar-refractivity contribution in [3.8, 4) is 5.75 Å². The summed E-state index contributed by atoms with van der Waals surface area (Å²) in [5.74, 6) is -0.199. The molecule has 0 fully saturated rings.